The number of benzene rings is 1. The molecule has 0 saturated carbocycles. The van der Waals surface area contributed by atoms with E-state index in [1.807, 2.05) is 31.2 Å². The summed E-state index contributed by atoms with van der Waals surface area (Å²) in [5, 5.41) is 8.84. The van der Waals surface area contributed by atoms with Crippen molar-refractivity contribution in [2.24, 2.45) is 0 Å². The molecule has 6 heteroatoms. The van der Waals surface area contributed by atoms with Crippen LogP contribution < -0.4 is 5.69 Å². The SMILES string of the molecule is Cc1nc(=O)n(-c2cccc(I)c2)c(C)c1CCC(=O)O. The van der Waals surface area contributed by atoms with Crippen LogP contribution in [0.1, 0.15) is 23.4 Å². The van der Waals surface area contributed by atoms with Gasteiger partial charge in [-0.15, -0.1) is 0 Å². The second-order valence-corrected chi connectivity index (χ2v) is 6.00. The third kappa shape index (κ3) is 3.49. The van der Waals surface area contributed by atoms with Gasteiger partial charge in [0.2, 0.25) is 0 Å². The van der Waals surface area contributed by atoms with Gasteiger partial charge in [-0.1, -0.05) is 6.07 Å². The van der Waals surface area contributed by atoms with Crippen LogP contribution in [0.15, 0.2) is 29.1 Å². The topological polar surface area (TPSA) is 72.2 Å². The van der Waals surface area contributed by atoms with Gasteiger partial charge in [-0.3, -0.25) is 9.36 Å². The first-order valence-electron chi connectivity index (χ1n) is 6.47. The van der Waals surface area contributed by atoms with Gasteiger partial charge in [-0.25, -0.2) is 4.79 Å². The molecule has 0 saturated heterocycles. The first-order valence-corrected chi connectivity index (χ1v) is 7.55. The van der Waals surface area contributed by atoms with Crippen molar-refractivity contribution < 1.29 is 9.90 Å². The number of nitrogens with zero attached hydrogens (tertiary/aromatic N) is 2. The zero-order chi connectivity index (χ0) is 15.6. The van der Waals surface area contributed by atoms with Crippen molar-refractivity contribution in [2.45, 2.75) is 26.7 Å². The Morgan fingerprint density at radius 2 is 2.10 bits per heavy atom. The van der Waals surface area contributed by atoms with Crippen molar-refractivity contribution in [3.05, 3.63) is 55.3 Å². The number of aliphatic carboxylic acids is 1. The Morgan fingerprint density at radius 3 is 2.71 bits per heavy atom. The molecule has 1 aromatic heterocycles. The van der Waals surface area contributed by atoms with Crippen LogP contribution in [0.4, 0.5) is 0 Å². The average molecular weight is 398 g/mol. The van der Waals surface area contributed by atoms with Gasteiger partial charge in [0.25, 0.3) is 0 Å². The Labute approximate surface area is 135 Å². The third-order valence-corrected chi connectivity index (χ3v) is 3.99. The molecule has 1 aromatic carbocycles. The summed E-state index contributed by atoms with van der Waals surface area (Å²) in [6.45, 7) is 3.57. The average Bonchev–Trinajstić information content (AvgIpc) is 2.37. The van der Waals surface area contributed by atoms with Crippen LogP contribution in [-0.2, 0) is 11.2 Å². The van der Waals surface area contributed by atoms with Crippen LogP contribution in [0.25, 0.3) is 5.69 Å². The molecule has 0 aliphatic carbocycles. The molecule has 0 atom stereocenters. The number of hydrogen-bond donors (Lipinski definition) is 1. The monoisotopic (exact) mass is 398 g/mol. The van der Waals surface area contributed by atoms with Crippen LogP contribution in [0.5, 0.6) is 0 Å². The second kappa shape index (κ2) is 6.38. The largest absolute Gasteiger partial charge is 0.481 e. The van der Waals surface area contributed by atoms with E-state index < -0.39 is 5.97 Å². The van der Waals surface area contributed by atoms with Crippen molar-refractivity contribution >= 4 is 28.6 Å². The summed E-state index contributed by atoms with van der Waals surface area (Å²) in [7, 11) is 0. The van der Waals surface area contributed by atoms with E-state index in [1.165, 1.54) is 4.57 Å². The van der Waals surface area contributed by atoms with Crippen molar-refractivity contribution in [3.63, 3.8) is 0 Å². The molecular weight excluding hydrogens is 383 g/mol. The van der Waals surface area contributed by atoms with Gasteiger partial charge in [0.1, 0.15) is 0 Å². The highest BCUT2D eigenvalue weighted by Gasteiger charge is 2.14. The first kappa shape index (κ1) is 15.7. The van der Waals surface area contributed by atoms with Crippen LogP contribution in [0.2, 0.25) is 0 Å². The van der Waals surface area contributed by atoms with E-state index in [4.69, 9.17) is 5.11 Å². The lowest BCUT2D eigenvalue weighted by Gasteiger charge is -2.15. The minimum Gasteiger partial charge on any atom is -0.481 e. The Morgan fingerprint density at radius 1 is 1.38 bits per heavy atom. The zero-order valence-corrected chi connectivity index (χ0v) is 13.9. The maximum Gasteiger partial charge on any atom is 0.352 e. The minimum atomic E-state index is -0.860. The summed E-state index contributed by atoms with van der Waals surface area (Å²) in [5.74, 6) is -0.860. The van der Waals surface area contributed by atoms with Gasteiger partial charge >= 0.3 is 11.7 Å². The zero-order valence-electron chi connectivity index (χ0n) is 11.8. The maximum atomic E-state index is 12.2. The molecule has 0 amide bonds. The maximum absolute atomic E-state index is 12.2. The molecule has 0 fully saturated rings. The fourth-order valence-electron chi connectivity index (χ4n) is 2.31. The molecule has 0 radical (unpaired) electrons. The summed E-state index contributed by atoms with van der Waals surface area (Å²) in [6.07, 6.45) is 0.387. The van der Waals surface area contributed by atoms with E-state index in [1.54, 1.807) is 6.92 Å². The molecule has 1 heterocycles. The van der Waals surface area contributed by atoms with Gasteiger partial charge in [0.05, 0.1) is 5.69 Å². The molecule has 21 heavy (non-hydrogen) atoms. The molecule has 0 unspecified atom stereocenters. The number of halogens is 1. The van der Waals surface area contributed by atoms with Crippen molar-refractivity contribution in [2.75, 3.05) is 0 Å². The molecule has 5 nitrogen and oxygen atoms in total. The number of carboxylic acid groups (broad SMARTS) is 1. The third-order valence-electron chi connectivity index (χ3n) is 3.32. The van der Waals surface area contributed by atoms with E-state index in [-0.39, 0.29) is 12.1 Å². The first-order chi connectivity index (χ1) is 9.90. The molecule has 110 valence electrons. The van der Waals surface area contributed by atoms with Crippen molar-refractivity contribution in [1.82, 2.24) is 9.55 Å². The second-order valence-electron chi connectivity index (χ2n) is 4.75. The van der Waals surface area contributed by atoms with Gasteiger partial charge in [-0.2, -0.15) is 4.98 Å². The van der Waals surface area contributed by atoms with Crippen LogP contribution in [-0.4, -0.2) is 20.6 Å². The van der Waals surface area contributed by atoms with Crippen molar-refractivity contribution in [3.8, 4) is 5.69 Å². The Balaban J connectivity index is 2.59. The lowest BCUT2D eigenvalue weighted by molar-refractivity contribution is -0.136. The van der Waals surface area contributed by atoms with Crippen LogP contribution in [0, 0.1) is 17.4 Å². The van der Waals surface area contributed by atoms with Gasteiger partial charge < -0.3 is 5.11 Å². The Hall–Kier alpha value is -1.70. The normalized spacial score (nSPS) is 10.6. The van der Waals surface area contributed by atoms with Crippen LogP contribution in [0.3, 0.4) is 0 Å². The summed E-state index contributed by atoms with van der Waals surface area (Å²) in [4.78, 5) is 27.0. The number of carbonyl (C=O) groups is 1. The molecule has 0 aliphatic rings. The van der Waals surface area contributed by atoms with E-state index in [2.05, 4.69) is 27.6 Å². The van der Waals surface area contributed by atoms with E-state index in [9.17, 15) is 9.59 Å². The predicted octanol–water partition coefficient (Wildman–Crippen LogP) is 2.47. The quantitative estimate of drug-likeness (QED) is 0.804. The van der Waals surface area contributed by atoms with E-state index >= 15 is 0 Å². The number of aryl methyl sites for hydroxylation is 1. The lowest BCUT2D eigenvalue weighted by atomic mass is 10.1. The number of hydrogen-bond acceptors (Lipinski definition) is 3. The smallest absolute Gasteiger partial charge is 0.352 e. The van der Waals surface area contributed by atoms with Crippen LogP contribution >= 0.6 is 22.6 Å². The highest BCUT2D eigenvalue weighted by atomic mass is 127. The number of rotatable bonds is 4. The molecule has 0 spiro atoms. The molecule has 2 aromatic rings. The minimum absolute atomic E-state index is 0.0217. The Kier molecular flexibility index (Phi) is 4.76. The van der Waals surface area contributed by atoms with E-state index in [0.29, 0.717) is 12.1 Å². The number of aromatic nitrogens is 2. The predicted molar refractivity (Wildman–Crippen MR) is 88.0 cm³/mol. The van der Waals surface area contributed by atoms with Gasteiger partial charge in [0, 0.05) is 21.4 Å². The highest BCUT2D eigenvalue weighted by molar-refractivity contribution is 14.1. The van der Waals surface area contributed by atoms with Crippen molar-refractivity contribution in [1.29, 1.82) is 0 Å². The molecule has 2 rings (SSSR count). The highest BCUT2D eigenvalue weighted by Crippen LogP contribution is 2.17. The summed E-state index contributed by atoms with van der Waals surface area (Å²) < 4.78 is 2.55. The molecule has 0 bridgehead atoms. The van der Waals surface area contributed by atoms with E-state index in [0.717, 1.165) is 20.5 Å². The fourth-order valence-corrected chi connectivity index (χ4v) is 2.84. The number of carboxylic acids is 1. The lowest BCUT2D eigenvalue weighted by Crippen LogP contribution is -2.26. The summed E-state index contributed by atoms with van der Waals surface area (Å²) in [5.41, 5.74) is 2.56. The fraction of sp³-hybridized carbons (Fsp3) is 0.267. The Bertz CT molecular complexity index is 753. The van der Waals surface area contributed by atoms with Gasteiger partial charge in [0.15, 0.2) is 0 Å². The summed E-state index contributed by atoms with van der Waals surface area (Å²) in [6, 6.07) is 7.55. The standard InChI is InChI=1S/C15H15IN2O3/c1-9-13(6-7-14(19)20)10(2)18(15(21)17-9)12-5-3-4-11(16)8-12/h3-5,8H,6-7H2,1-2H3,(H,19,20). The molecular formula is C15H15IN2O3. The van der Waals surface area contributed by atoms with Gasteiger partial charge in [-0.05, 0) is 66.6 Å². The molecule has 1 N–H and O–H groups in total. The summed E-state index contributed by atoms with van der Waals surface area (Å²) >= 11 is 2.18. The molecule has 0 aliphatic heterocycles.